The number of benzene rings is 5. The molecule has 0 unspecified atom stereocenters. The molecule has 2 nitrogen and oxygen atoms in total. The van der Waals surface area contributed by atoms with Gasteiger partial charge in [-0.15, -0.1) is 13.2 Å². The Morgan fingerprint density at radius 3 is 1.50 bits per heavy atom. The molecule has 0 amide bonds. The summed E-state index contributed by atoms with van der Waals surface area (Å²) in [5.41, 5.74) is -5.01. The Labute approximate surface area is 287 Å². The molecule has 0 radical (unpaired) electrons. The van der Waals surface area contributed by atoms with Crippen LogP contribution in [0.4, 0.5) is 57.1 Å². The number of halogens is 13. The van der Waals surface area contributed by atoms with Crippen LogP contribution in [0.5, 0.6) is 11.5 Å². The SMILES string of the molecule is CCCCCc1ccc(-c2cc(F)c(-c3cc(F)c(C(F)(F)Oc4ccc(-c5cc(F)c(OC(F)(F)F)c(F)c5)c(F)c4)c(F)c3)c(F)c2)c(F)c1. The van der Waals surface area contributed by atoms with Gasteiger partial charge in [-0.05, 0) is 89.7 Å². The third-order valence-electron chi connectivity index (χ3n) is 7.79. The molecular formula is C37H23F13O2. The summed E-state index contributed by atoms with van der Waals surface area (Å²) >= 11 is 0. The van der Waals surface area contributed by atoms with Crippen LogP contribution in [0.2, 0.25) is 0 Å². The summed E-state index contributed by atoms with van der Waals surface area (Å²) < 4.78 is 193. The van der Waals surface area contributed by atoms with Crippen LogP contribution in [0.1, 0.15) is 37.3 Å². The van der Waals surface area contributed by atoms with Crippen molar-refractivity contribution < 1.29 is 66.5 Å². The van der Waals surface area contributed by atoms with Crippen molar-refractivity contribution in [2.45, 2.75) is 45.1 Å². The van der Waals surface area contributed by atoms with Crippen LogP contribution >= 0.6 is 0 Å². The minimum atomic E-state index is -5.46. The number of hydrogen-bond donors (Lipinski definition) is 0. The molecule has 0 spiro atoms. The molecule has 5 rings (SSSR count). The molecule has 15 heteroatoms. The zero-order chi connectivity index (χ0) is 38.1. The average molecular weight is 747 g/mol. The molecule has 0 aromatic heterocycles. The summed E-state index contributed by atoms with van der Waals surface area (Å²) in [4.78, 5) is 0. The van der Waals surface area contributed by atoms with Crippen LogP contribution in [0.25, 0.3) is 33.4 Å². The summed E-state index contributed by atoms with van der Waals surface area (Å²) in [5, 5.41) is 0. The fourth-order valence-corrected chi connectivity index (χ4v) is 5.45. The Kier molecular flexibility index (Phi) is 10.8. The molecule has 5 aromatic carbocycles. The van der Waals surface area contributed by atoms with Crippen LogP contribution in [0.3, 0.4) is 0 Å². The van der Waals surface area contributed by atoms with Crippen LogP contribution in [-0.2, 0) is 12.5 Å². The first-order valence-electron chi connectivity index (χ1n) is 15.3. The molecule has 0 N–H and O–H groups in total. The number of rotatable bonds is 11. The topological polar surface area (TPSA) is 18.5 Å². The fourth-order valence-electron chi connectivity index (χ4n) is 5.45. The van der Waals surface area contributed by atoms with E-state index < -0.39 is 98.3 Å². The highest BCUT2D eigenvalue weighted by molar-refractivity contribution is 5.73. The predicted octanol–water partition coefficient (Wildman–Crippen LogP) is 12.6. The van der Waals surface area contributed by atoms with Gasteiger partial charge in [0.1, 0.15) is 46.2 Å². The van der Waals surface area contributed by atoms with Gasteiger partial charge in [0.15, 0.2) is 11.6 Å². The summed E-state index contributed by atoms with van der Waals surface area (Å²) in [6, 6.07) is 7.97. The highest BCUT2D eigenvalue weighted by atomic mass is 19.4. The van der Waals surface area contributed by atoms with Crippen LogP contribution in [0, 0.1) is 46.5 Å². The van der Waals surface area contributed by atoms with E-state index in [1.165, 1.54) is 12.1 Å². The summed E-state index contributed by atoms with van der Waals surface area (Å²) in [6.07, 6.45) is -7.09. The van der Waals surface area contributed by atoms with Crippen molar-refractivity contribution in [3.63, 3.8) is 0 Å². The van der Waals surface area contributed by atoms with Gasteiger partial charge in [-0.3, -0.25) is 0 Å². The van der Waals surface area contributed by atoms with Gasteiger partial charge < -0.3 is 9.47 Å². The van der Waals surface area contributed by atoms with Crippen molar-refractivity contribution in [2.24, 2.45) is 0 Å². The molecule has 0 fully saturated rings. The number of unbranched alkanes of at least 4 members (excludes halogenated alkanes) is 2. The lowest BCUT2D eigenvalue weighted by Crippen LogP contribution is -2.25. The van der Waals surface area contributed by atoms with Crippen molar-refractivity contribution in [2.75, 3.05) is 0 Å². The Morgan fingerprint density at radius 1 is 0.500 bits per heavy atom. The van der Waals surface area contributed by atoms with E-state index in [0.29, 0.717) is 36.2 Å². The van der Waals surface area contributed by atoms with Gasteiger partial charge in [0.05, 0.1) is 5.56 Å². The molecule has 0 saturated carbocycles. The van der Waals surface area contributed by atoms with E-state index in [1.54, 1.807) is 6.07 Å². The van der Waals surface area contributed by atoms with E-state index in [4.69, 9.17) is 0 Å². The average Bonchev–Trinajstić information content (AvgIpc) is 3.01. The van der Waals surface area contributed by atoms with E-state index >= 15 is 26.3 Å². The number of ether oxygens (including phenoxy) is 2. The quantitative estimate of drug-likeness (QED) is 0.0990. The first-order valence-corrected chi connectivity index (χ1v) is 15.3. The highest BCUT2D eigenvalue weighted by Crippen LogP contribution is 2.40. The minimum Gasteiger partial charge on any atom is -0.429 e. The predicted molar refractivity (Wildman–Crippen MR) is 163 cm³/mol. The van der Waals surface area contributed by atoms with Crippen molar-refractivity contribution in [1.82, 2.24) is 0 Å². The molecule has 0 heterocycles. The maximum Gasteiger partial charge on any atom is 0.573 e. The van der Waals surface area contributed by atoms with Crippen LogP contribution in [0.15, 0.2) is 72.8 Å². The largest absolute Gasteiger partial charge is 0.573 e. The smallest absolute Gasteiger partial charge is 0.429 e. The molecule has 0 aliphatic rings. The van der Waals surface area contributed by atoms with Gasteiger partial charge in [-0.2, -0.15) is 8.78 Å². The third kappa shape index (κ3) is 8.29. The van der Waals surface area contributed by atoms with E-state index in [1.807, 2.05) is 6.92 Å². The molecule has 0 atom stereocenters. The van der Waals surface area contributed by atoms with Gasteiger partial charge in [0, 0.05) is 17.2 Å². The summed E-state index contributed by atoms with van der Waals surface area (Å²) in [6.45, 7) is 2.00. The van der Waals surface area contributed by atoms with Gasteiger partial charge in [-0.25, -0.2) is 35.1 Å². The van der Waals surface area contributed by atoms with Crippen LogP contribution < -0.4 is 9.47 Å². The lowest BCUT2D eigenvalue weighted by atomic mass is 9.96. The van der Waals surface area contributed by atoms with E-state index in [2.05, 4.69) is 9.47 Å². The molecular weight excluding hydrogens is 723 g/mol. The van der Waals surface area contributed by atoms with Gasteiger partial charge in [-0.1, -0.05) is 31.9 Å². The van der Waals surface area contributed by atoms with Gasteiger partial charge >= 0.3 is 12.5 Å². The van der Waals surface area contributed by atoms with E-state index in [9.17, 15) is 30.7 Å². The number of hydrogen-bond acceptors (Lipinski definition) is 2. The van der Waals surface area contributed by atoms with Crippen LogP contribution in [-0.4, -0.2) is 6.36 Å². The fraction of sp³-hybridized carbons (Fsp3) is 0.189. The number of aryl methyl sites for hydroxylation is 1. The first-order chi connectivity index (χ1) is 24.4. The summed E-state index contributed by atoms with van der Waals surface area (Å²) in [7, 11) is 0. The Balaban J connectivity index is 1.39. The molecule has 0 aliphatic heterocycles. The highest BCUT2D eigenvalue weighted by Gasteiger charge is 2.42. The minimum absolute atomic E-state index is 0.162. The Hall–Kier alpha value is -5.21. The maximum atomic E-state index is 15.2. The number of alkyl halides is 5. The second-order valence-electron chi connectivity index (χ2n) is 11.5. The standard InChI is InChI=1S/C37H23F13O2/c1-2-3-4-5-18-6-8-23(25(38)10-18)19-11-27(40)33(28(41)12-19)21-15-29(42)34(30(43)16-21)36(46,47)51-22-7-9-24(26(39)17-22)20-13-31(44)35(32(45)14-20)52-37(48,49)50/h6-17H,2-5H2,1H3. The second-order valence-corrected chi connectivity index (χ2v) is 11.5. The summed E-state index contributed by atoms with van der Waals surface area (Å²) in [5.74, 6) is -15.8. The van der Waals surface area contributed by atoms with Gasteiger partial charge in [0.2, 0.25) is 5.75 Å². The third-order valence-corrected chi connectivity index (χ3v) is 7.79. The second kappa shape index (κ2) is 14.8. The molecule has 0 saturated heterocycles. The van der Waals surface area contributed by atoms with Crippen molar-refractivity contribution in [3.8, 4) is 44.9 Å². The zero-order valence-corrected chi connectivity index (χ0v) is 26.5. The zero-order valence-electron chi connectivity index (χ0n) is 26.5. The van der Waals surface area contributed by atoms with Crippen molar-refractivity contribution in [3.05, 3.63) is 130 Å². The van der Waals surface area contributed by atoms with Crippen molar-refractivity contribution in [1.29, 1.82) is 0 Å². The molecule has 0 aliphatic carbocycles. The Morgan fingerprint density at radius 2 is 1.00 bits per heavy atom. The normalized spacial score (nSPS) is 12.0. The lowest BCUT2D eigenvalue weighted by Gasteiger charge is -2.20. The molecule has 5 aromatic rings. The maximum absolute atomic E-state index is 15.2. The van der Waals surface area contributed by atoms with E-state index in [-0.39, 0.29) is 41.5 Å². The van der Waals surface area contributed by atoms with Crippen molar-refractivity contribution >= 4 is 0 Å². The molecule has 52 heavy (non-hydrogen) atoms. The molecule has 274 valence electrons. The first kappa shape index (κ1) is 38.0. The monoisotopic (exact) mass is 746 g/mol. The Bertz CT molecular complexity index is 2060. The lowest BCUT2D eigenvalue weighted by molar-refractivity contribution is -0.276. The van der Waals surface area contributed by atoms with Gasteiger partial charge in [0.25, 0.3) is 0 Å². The molecule has 0 bridgehead atoms. The van der Waals surface area contributed by atoms with E-state index in [0.717, 1.165) is 19.3 Å².